The van der Waals surface area contributed by atoms with Gasteiger partial charge in [-0.2, -0.15) is 0 Å². The number of hydrogen-bond acceptors (Lipinski definition) is 5. The summed E-state index contributed by atoms with van der Waals surface area (Å²) in [5.74, 6) is -1.07. The summed E-state index contributed by atoms with van der Waals surface area (Å²) in [6.45, 7) is 5.44. The largest absolute Gasteiger partial charge is 0.497 e. The molecular formula is C20H25NO6. The summed E-state index contributed by atoms with van der Waals surface area (Å²) in [6.07, 6.45) is 0.816. The number of rotatable bonds is 8. The Bertz CT molecular complexity index is 901. The number of nitrogens with one attached hydrogen (secondary N) is 1. The van der Waals surface area contributed by atoms with Gasteiger partial charge in [0.2, 0.25) is 5.91 Å². The third kappa shape index (κ3) is 4.67. The summed E-state index contributed by atoms with van der Waals surface area (Å²) in [5, 5.41) is 12.6. The lowest BCUT2D eigenvalue weighted by Gasteiger charge is -2.20. The highest BCUT2D eigenvalue weighted by Crippen LogP contribution is 2.24. The number of amides is 1. The summed E-state index contributed by atoms with van der Waals surface area (Å²) in [4.78, 5) is 35.8. The van der Waals surface area contributed by atoms with E-state index in [-0.39, 0.29) is 18.8 Å². The van der Waals surface area contributed by atoms with Crippen molar-refractivity contribution >= 4 is 22.8 Å². The number of aliphatic carboxylic acids is 1. The molecule has 2 N–H and O–H groups in total. The first-order valence-corrected chi connectivity index (χ1v) is 8.91. The van der Waals surface area contributed by atoms with Crippen LogP contribution in [0.4, 0.5) is 0 Å². The lowest BCUT2D eigenvalue weighted by atomic mass is 9.98. The molecule has 1 amide bonds. The third-order valence-corrected chi connectivity index (χ3v) is 4.89. The van der Waals surface area contributed by atoms with Crippen molar-refractivity contribution < 1.29 is 23.8 Å². The number of ether oxygens (including phenoxy) is 1. The zero-order valence-corrected chi connectivity index (χ0v) is 16.0. The van der Waals surface area contributed by atoms with E-state index in [1.807, 2.05) is 6.92 Å². The van der Waals surface area contributed by atoms with Gasteiger partial charge in [-0.15, -0.1) is 0 Å². The zero-order chi connectivity index (χ0) is 20.1. The van der Waals surface area contributed by atoms with Crippen LogP contribution in [0.3, 0.4) is 0 Å². The molecule has 0 saturated heterocycles. The number of aryl methyl sites for hydroxylation is 1. The van der Waals surface area contributed by atoms with E-state index >= 15 is 0 Å². The number of benzene rings is 1. The van der Waals surface area contributed by atoms with Gasteiger partial charge in [-0.25, -0.2) is 9.59 Å². The molecule has 0 spiro atoms. The first-order valence-electron chi connectivity index (χ1n) is 8.91. The second-order valence-corrected chi connectivity index (χ2v) is 6.62. The fourth-order valence-electron chi connectivity index (χ4n) is 2.96. The number of fused-ring (bicyclic) bond motifs is 1. The Morgan fingerprint density at radius 2 is 2.04 bits per heavy atom. The predicted octanol–water partition coefficient (Wildman–Crippen LogP) is 2.66. The number of carboxylic acids is 1. The van der Waals surface area contributed by atoms with Crippen LogP contribution in [0.2, 0.25) is 0 Å². The summed E-state index contributed by atoms with van der Waals surface area (Å²) >= 11 is 0. The van der Waals surface area contributed by atoms with E-state index in [4.69, 9.17) is 9.15 Å². The van der Waals surface area contributed by atoms with Crippen molar-refractivity contribution in [3.8, 4) is 5.75 Å². The zero-order valence-electron chi connectivity index (χ0n) is 16.0. The predicted molar refractivity (Wildman–Crippen MR) is 101 cm³/mol. The van der Waals surface area contributed by atoms with Crippen LogP contribution in [-0.4, -0.2) is 30.1 Å². The van der Waals surface area contributed by atoms with Gasteiger partial charge in [0.1, 0.15) is 17.4 Å². The molecule has 2 aromatic rings. The minimum absolute atomic E-state index is 0.00742. The molecule has 2 rings (SSSR count). The molecule has 0 fully saturated rings. The maximum absolute atomic E-state index is 12.3. The molecule has 0 aliphatic carbocycles. The number of carbonyl (C=O) groups excluding carboxylic acids is 1. The first-order chi connectivity index (χ1) is 12.8. The Kier molecular flexibility index (Phi) is 6.60. The molecule has 7 heteroatoms. The van der Waals surface area contributed by atoms with Crippen LogP contribution in [-0.2, 0) is 16.0 Å². The number of carbonyl (C=O) groups is 2. The molecule has 0 aliphatic rings. The van der Waals surface area contributed by atoms with Crippen LogP contribution in [0.25, 0.3) is 11.0 Å². The van der Waals surface area contributed by atoms with Crippen LogP contribution in [0.15, 0.2) is 27.4 Å². The molecule has 0 aliphatic heterocycles. The molecule has 1 heterocycles. The molecule has 0 unspecified atom stereocenters. The maximum atomic E-state index is 12.3. The molecule has 1 aromatic heterocycles. The topological polar surface area (TPSA) is 106 Å². The van der Waals surface area contributed by atoms with Crippen molar-refractivity contribution in [3.63, 3.8) is 0 Å². The van der Waals surface area contributed by atoms with E-state index < -0.39 is 23.5 Å². The molecule has 146 valence electrons. The summed E-state index contributed by atoms with van der Waals surface area (Å²) < 4.78 is 10.5. The summed E-state index contributed by atoms with van der Waals surface area (Å²) in [5.41, 5.74) is 1.08. The van der Waals surface area contributed by atoms with Crippen LogP contribution in [0.1, 0.15) is 37.8 Å². The van der Waals surface area contributed by atoms with Crippen molar-refractivity contribution in [1.29, 1.82) is 0 Å². The van der Waals surface area contributed by atoms with Crippen LogP contribution in [0.5, 0.6) is 5.75 Å². The maximum Gasteiger partial charge on any atom is 0.339 e. The van der Waals surface area contributed by atoms with E-state index in [0.717, 1.165) is 10.9 Å². The van der Waals surface area contributed by atoms with E-state index in [1.165, 1.54) is 7.11 Å². The number of methoxy groups -OCH3 is 1. The second kappa shape index (κ2) is 8.70. The van der Waals surface area contributed by atoms with Crippen molar-refractivity contribution in [1.82, 2.24) is 5.32 Å². The quantitative estimate of drug-likeness (QED) is 0.687. The SMILES string of the molecule is CC[C@@H](C)[C@H](NC(=O)CCc1c(C)c2ccc(OC)cc2oc1=O)C(=O)O. The molecule has 1 aromatic carbocycles. The van der Waals surface area contributed by atoms with Gasteiger partial charge in [-0.3, -0.25) is 4.79 Å². The van der Waals surface area contributed by atoms with E-state index in [1.54, 1.807) is 32.0 Å². The van der Waals surface area contributed by atoms with Crippen molar-refractivity contribution in [2.24, 2.45) is 5.92 Å². The Morgan fingerprint density at radius 3 is 2.63 bits per heavy atom. The molecule has 0 bridgehead atoms. The molecule has 2 atom stereocenters. The van der Waals surface area contributed by atoms with Crippen LogP contribution in [0, 0.1) is 12.8 Å². The smallest absolute Gasteiger partial charge is 0.339 e. The Hall–Kier alpha value is -2.83. The Morgan fingerprint density at radius 1 is 1.33 bits per heavy atom. The minimum Gasteiger partial charge on any atom is -0.497 e. The molecule has 0 radical (unpaired) electrons. The summed E-state index contributed by atoms with van der Waals surface area (Å²) in [6, 6.07) is 4.28. The van der Waals surface area contributed by atoms with Crippen molar-refractivity contribution in [3.05, 3.63) is 39.7 Å². The lowest BCUT2D eigenvalue weighted by molar-refractivity contribution is -0.143. The summed E-state index contributed by atoms with van der Waals surface area (Å²) in [7, 11) is 1.53. The van der Waals surface area contributed by atoms with Crippen molar-refractivity contribution in [2.75, 3.05) is 7.11 Å². The average Bonchev–Trinajstić information content (AvgIpc) is 2.64. The van der Waals surface area contributed by atoms with Gasteiger partial charge >= 0.3 is 11.6 Å². The normalized spacial score (nSPS) is 13.2. The van der Waals surface area contributed by atoms with Gasteiger partial charge in [0.25, 0.3) is 0 Å². The first kappa shape index (κ1) is 20.5. The minimum atomic E-state index is -1.06. The average molecular weight is 375 g/mol. The van der Waals surface area contributed by atoms with Gasteiger partial charge < -0.3 is 19.6 Å². The van der Waals surface area contributed by atoms with Gasteiger partial charge in [-0.05, 0) is 37.0 Å². The Balaban J connectivity index is 2.18. The highest BCUT2D eigenvalue weighted by molar-refractivity contribution is 5.85. The lowest BCUT2D eigenvalue weighted by Crippen LogP contribution is -2.45. The van der Waals surface area contributed by atoms with Gasteiger partial charge in [0, 0.05) is 23.4 Å². The fourth-order valence-corrected chi connectivity index (χ4v) is 2.96. The van der Waals surface area contributed by atoms with Gasteiger partial charge in [-0.1, -0.05) is 20.3 Å². The van der Waals surface area contributed by atoms with E-state index in [2.05, 4.69) is 5.32 Å². The van der Waals surface area contributed by atoms with E-state index in [0.29, 0.717) is 23.3 Å². The highest BCUT2D eigenvalue weighted by atomic mass is 16.5. The van der Waals surface area contributed by atoms with Crippen LogP contribution < -0.4 is 15.7 Å². The third-order valence-electron chi connectivity index (χ3n) is 4.89. The molecule has 27 heavy (non-hydrogen) atoms. The van der Waals surface area contributed by atoms with Crippen LogP contribution >= 0.6 is 0 Å². The highest BCUT2D eigenvalue weighted by Gasteiger charge is 2.25. The number of hydrogen-bond donors (Lipinski definition) is 2. The van der Waals surface area contributed by atoms with Gasteiger partial charge in [0.05, 0.1) is 7.11 Å². The standard InChI is InChI=1S/C20H25NO6/c1-5-11(2)18(19(23)24)21-17(22)9-8-15-12(3)14-7-6-13(26-4)10-16(14)27-20(15)25/h6-7,10-11,18H,5,8-9H2,1-4H3,(H,21,22)(H,23,24)/t11-,18+/m1/s1. The van der Waals surface area contributed by atoms with E-state index in [9.17, 15) is 19.5 Å². The molecule has 7 nitrogen and oxygen atoms in total. The Labute approximate surface area is 157 Å². The monoisotopic (exact) mass is 375 g/mol. The second-order valence-electron chi connectivity index (χ2n) is 6.62. The van der Waals surface area contributed by atoms with Crippen molar-refractivity contribution in [2.45, 2.75) is 46.1 Å². The van der Waals surface area contributed by atoms with Gasteiger partial charge in [0.15, 0.2) is 0 Å². The molecule has 0 saturated carbocycles. The molecular weight excluding hydrogens is 350 g/mol. The fraction of sp³-hybridized carbons (Fsp3) is 0.450. The number of carboxylic acid groups (broad SMARTS) is 1.